The van der Waals surface area contributed by atoms with Crippen molar-refractivity contribution in [2.75, 3.05) is 0 Å². The Kier molecular flexibility index (Phi) is 4.69. The van der Waals surface area contributed by atoms with E-state index in [9.17, 15) is 4.79 Å². The molecular weight excluding hydrogens is 372 g/mol. The van der Waals surface area contributed by atoms with Crippen LogP contribution in [0.25, 0.3) is 21.8 Å². The number of hydrogen-bond acceptors (Lipinski definition) is 3. The van der Waals surface area contributed by atoms with Crippen LogP contribution in [0.15, 0.2) is 91.1 Å². The van der Waals surface area contributed by atoms with Crippen LogP contribution in [0.2, 0.25) is 0 Å². The quantitative estimate of drug-likeness (QED) is 0.477. The van der Waals surface area contributed by atoms with Crippen LogP contribution in [-0.2, 0) is 13.1 Å². The van der Waals surface area contributed by atoms with Gasteiger partial charge in [-0.1, -0.05) is 60.7 Å². The van der Waals surface area contributed by atoms with E-state index in [-0.39, 0.29) is 5.91 Å². The molecule has 5 heteroatoms. The zero-order valence-corrected chi connectivity index (χ0v) is 16.3. The summed E-state index contributed by atoms with van der Waals surface area (Å²) >= 11 is 0. The lowest BCUT2D eigenvalue weighted by atomic mass is 10.0. The number of para-hydroxylation sites is 2. The Bertz CT molecular complexity index is 1340. The van der Waals surface area contributed by atoms with Crippen molar-refractivity contribution in [1.29, 1.82) is 0 Å². The van der Waals surface area contributed by atoms with Crippen molar-refractivity contribution in [3.05, 3.63) is 108 Å². The molecule has 2 aromatic heterocycles. The van der Waals surface area contributed by atoms with E-state index in [4.69, 9.17) is 4.98 Å². The van der Waals surface area contributed by atoms with Crippen molar-refractivity contribution in [2.24, 2.45) is 0 Å². The standard InChI is InChI=1S/C25H20N4O/c30-25(22-13-5-6-15-26-22)27-16-24-28-21-12-3-4-14-23(21)29(24)17-19-10-7-9-18-8-1-2-11-20(18)19/h1-15H,16-17H2,(H,27,30). The van der Waals surface area contributed by atoms with Gasteiger partial charge in [-0.25, -0.2) is 4.98 Å². The minimum atomic E-state index is -0.209. The molecule has 146 valence electrons. The summed E-state index contributed by atoms with van der Waals surface area (Å²) in [5.41, 5.74) is 3.58. The Morgan fingerprint density at radius 3 is 2.57 bits per heavy atom. The third-order valence-corrected chi connectivity index (χ3v) is 5.25. The second-order valence-electron chi connectivity index (χ2n) is 7.14. The molecule has 0 unspecified atom stereocenters. The minimum absolute atomic E-state index is 0.209. The van der Waals surface area contributed by atoms with E-state index in [1.165, 1.54) is 16.3 Å². The highest BCUT2D eigenvalue weighted by Gasteiger charge is 2.14. The number of nitrogens with one attached hydrogen (secondary N) is 1. The smallest absolute Gasteiger partial charge is 0.270 e. The zero-order chi connectivity index (χ0) is 20.3. The molecule has 0 aliphatic heterocycles. The van der Waals surface area contributed by atoms with Crippen molar-refractivity contribution in [1.82, 2.24) is 19.9 Å². The Morgan fingerprint density at radius 1 is 0.867 bits per heavy atom. The van der Waals surface area contributed by atoms with E-state index in [1.54, 1.807) is 24.4 Å². The van der Waals surface area contributed by atoms with Crippen LogP contribution >= 0.6 is 0 Å². The first kappa shape index (κ1) is 18.1. The molecule has 0 aliphatic carbocycles. The minimum Gasteiger partial charge on any atom is -0.343 e. The summed E-state index contributed by atoms with van der Waals surface area (Å²) in [6.45, 7) is 1.01. The number of nitrogens with zero attached hydrogens (tertiary/aromatic N) is 3. The lowest BCUT2D eigenvalue weighted by molar-refractivity contribution is 0.0944. The van der Waals surface area contributed by atoms with Gasteiger partial charge in [-0.05, 0) is 40.6 Å². The highest BCUT2D eigenvalue weighted by atomic mass is 16.1. The first-order chi connectivity index (χ1) is 14.8. The molecule has 1 amide bonds. The van der Waals surface area contributed by atoms with E-state index in [1.807, 2.05) is 18.2 Å². The fourth-order valence-electron chi connectivity index (χ4n) is 3.78. The van der Waals surface area contributed by atoms with Crippen molar-refractivity contribution in [2.45, 2.75) is 13.1 Å². The number of carbonyl (C=O) groups excluding carboxylic acids is 1. The average molecular weight is 392 g/mol. The molecule has 0 saturated heterocycles. The highest BCUT2D eigenvalue weighted by Crippen LogP contribution is 2.23. The Balaban J connectivity index is 1.50. The largest absolute Gasteiger partial charge is 0.343 e. The van der Waals surface area contributed by atoms with Crippen LogP contribution in [0.4, 0.5) is 0 Å². The molecule has 30 heavy (non-hydrogen) atoms. The molecule has 3 aromatic carbocycles. The summed E-state index contributed by atoms with van der Waals surface area (Å²) < 4.78 is 2.18. The van der Waals surface area contributed by atoms with Crippen molar-refractivity contribution in [3.63, 3.8) is 0 Å². The molecule has 5 nitrogen and oxygen atoms in total. The van der Waals surface area contributed by atoms with E-state index in [0.717, 1.165) is 16.9 Å². The van der Waals surface area contributed by atoms with Gasteiger partial charge in [-0.2, -0.15) is 0 Å². The van der Waals surface area contributed by atoms with Crippen LogP contribution < -0.4 is 5.32 Å². The van der Waals surface area contributed by atoms with E-state index >= 15 is 0 Å². The number of aromatic nitrogens is 3. The second kappa shape index (κ2) is 7.79. The summed E-state index contributed by atoms with van der Waals surface area (Å²) in [4.78, 5) is 21.4. The average Bonchev–Trinajstić information content (AvgIpc) is 3.15. The molecule has 0 saturated carbocycles. The normalized spacial score (nSPS) is 11.1. The SMILES string of the molecule is O=C(NCc1nc2ccccc2n1Cc1cccc2ccccc12)c1ccccn1. The van der Waals surface area contributed by atoms with E-state index < -0.39 is 0 Å². The summed E-state index contributed by atoms with van der Waals surface area (Å²) in [7, 11) is 0. The van der Waals surface area contributed by atoms with Gasteiger partial charge in [0.15, 0.2) is 0 Å². The Labute approximate surface area is 174 Å². The fraction of sp³-hybridized carbons (Fsp3) is 0.0800. The summed E-state index contributed by atoms with van der Waals surface area (Å²) in [6.07, 6.45) is 1.62. The number of rotatable bonds is 5. The van der Waals surface area contributed by atoms with Crippen LogP contribution in [0, 0.1) is 0 Å². The van der Waals surface area contributed by atoms with Gasteiger partial charge < -0.3 is 9.88 Å². The fourth-order valence-corrected chi connectivity index (χ4v) is 3.78. The van der Waals surface area contributed by atoms with Gasteiger partial charge >= 0.3 is 0 Å². The van der Waals surface area contributed by atoms with Gasteiger partial charge in [0.05, 0.1) is 24.1 Å². The number of carbonyl (C=O) groups is 1. The predicted octanol–water partition coefficient (Wildman–Crippen LogP) is 4.56. The molecule has 2 heterocycles. The zero-order valence-electron chi connectivity index (χ0n) is 16.3. The molecule has 0 aliphatic rings. The molecule has 5 rings (SSSR count). The topological polar surface area (TPSA) is 59.8 Å². The van der Waals surface area contributed by atoms with Crippen LogP contribution in [0.5, 0.6) is 0 Å². The summed E-state index contributed by atoms with van der Waals surface area (Å²) in [5.74, 6) is 0.604. The first-order valence-corrected chi connectivity index (χ1v) is 9.89. The number of fused-ring (bicyclic) bond motifs is 2. The number of pyridine rings is 1. The van der Waals surface area contributed by atoms with E-state index in [2.05, 4.69) is 63.4 Å². The molecule has 1 N–H and O–H groups in total. The van der Waals surface area contributed by atoms with Gasteiger partial charge in [0.25, 0.3) is 5.91 Å². The van der Waals surface area contributed by atoms with Gasteiger partial charge in [0, 0.05) is 6.20 Å². The van der Waals surface area contributed by atoms with Crippen LogP contribution in [0.3, 0.4) is 0 Å². The van der Waals surface area contributed by atoms with Crippen molar-refractivity contribution < 1.29 is 4.79 Å². The summed E-state index contributed by atoms with van der Waals surface area (Å²) in [6, 6.07) is 28.1. The maximum atomic E-state index is 12.5. The molecule has 0 atom stereocenters. The number of amides is 1. The number of imidazole rings is 1. The maximum absolute atomic E-state index is 12.5. The molecule has 0 fully saturated rings. The van der Waals surface area contributed by atoms with Crippen molar-refractivity contribution >= 4 is 27.7 Å². The second-order valence-corrected chi connectivity index (χ2v) is 7.14. The predicted molar refractivity (Wildman–Crippen MR) is 118 cm³/mol. The Morgan fingerprint density at radius 2 is 1.67 bits per heavy atom. The third kappa shape index (κ3) is 3.42. The first-order valence-electron chi connectivity index (χ1n) is 9.89. The number of benzene rings is 3. The molecule has 0 bridgehead atoms. The van der Waals surface area contributed by atoms with Crippen LogP contribution in [0.1, 0.15) is 21.9 Å². The van der Waals surface area contributed by atoms with Crippen molar-refractivity contribution in [3.8, 4) is 0 Å². The van der Waals surface area contributed by atoms with Crippen LogP contribution in [-0.4, -0.2) is 20.4 Å². The summed E-state index contributed by atoms with van der Waals surface area (Å²) in [5, 5.41) is 5.39. The van der Waals surface area contributed by atoms with Gasteiger partial charge in [0.2, 0.25) is 0 Å². The molecular formula is C25H20N4O. The highest BCUT2D eigenvalue weighted by molar-refractivity contribution is 5.92. The molecule has 0 spiro atoms. The third-order valence-electron chi connectivity index (χ3n) is 5.25. The molecule has 5 aromatic rings. The van der Waals surface area contributed by atoms with Gasteiger partial charge in [-0.15, -0.1) is 0 Å². The van der Waals surface area contributed by atoms with Gasteiger partial charge in [0.1, 0.15) is 11.5 Å². The Hall–Kier alpha value is -3.99. The lowest BCUT2D eigenvalue weighted by Gasteiger charge is -2.12. The lowest BCUT2D eigenvalue weighted by Crippen LogP contribution is -2.25. The monoisotopic (exact) mass is 392 g/mol. The number of hydrogen-bond donors (Lipinski definition) is 1. The molecule has 0 radical (unpaired) electrons. The van der Waals surface area contributed by atoms with Gasteiger partial charge in [-0.3, -0.25) is 9.78 Å². The van der Waals surface area contributed by atoms with E-state index in [0.29, 0.717) is 18.8 Å². The maximum Gasteiger partial charge on any atom is 0.270 e.